The molecule has 3 aliphatic rings. The molecule has 1 aliphatic heterocycles. The minimum absolute atomic E-state index is 0.359. The zero-order chi connectivity index (χ0) is 13.1. The van der Waals surface area contributed by atoms with Gasteiger partial charge >= 0.3 is 0 Å². The van der Waals surface area contributed by atoms with E-state index in [9.17, 15) is 0 Å². The standard InChI is InChI=1S/C18H16O2/c1-2-7-14-11(4-1)8-12-5-3-6-13-9-15-18(20-10-19-15)17(14)16(12)13/h1-2,4,7,9,12H,3,5-6,8,10H2. The predicted molar refractivity (Wildman–Crippen MR) is 77.4 cm³/mol. The Balaban J connectivity index is 1.90. The lowest BCUT2D eigenvalue weighted by Gasteiger charge is -2.34. The molecule has 0 fully saturated rings. The van der Waals surface area contributed by atoms with Crippen LogP contribution in [0, 0.1) is 0 Å². The monoisotopic (exact) mass is 264 g/mol. The number of ether oxygens (including phenoxy) is 2. The van der Waals surface area contributed by atoms with Crippen LogP contribution in [0.5, 0.6) is 11.5 Å². The first-order chi connectivity index (χ1) is 9.92. The van der Waals surface area contributed by atoms with E-state index in [1.165, 1.54) is 47.9 Å². The van der Waals surface area contributed by atoms with Gasteiger partial charge in [-0.3, -0.25) is 0 Å². The number of fused-ring (bicyclic) bond motifs is 4. The van der Waals surface area contributed by atoms with Gasteiger partial charge < -0.3 is 9.47 Å². The van der Waals surface area contributed by atoms with Gasteiger partial charge in [0, 0.05) is 5.56 Å². The van der Waals surface area contributed by atoms with E-state index in [0.717, 1.165) is 11.5 Å². The highest BCUT2D eigenvalue weighted by atomic mass is 16.7. The van der Waals surface area contributed by atoms with Crippen LogP contribution in [0.25, 0.3) is 11.1 Å². The normalized spacial score (nSPS) is 21.3. The first kappa shape index (κ1) is 10.8. The molecule has 20 heavy (non-hydrogen) atoms. The highest BCUT2D eigenvalue weighted by Crippen LogP contribution is 2.54. The molecule has 2 aromatic rings. The fourth-order valence-corrected chi connectivity index (χ4v) is 4.15. The van der Waals surface area contributed by atoms with Gasteiger partial charge in [0.1, 0.15) is 0 Å². The van der Waals surface area contributed by atoms with E-state index in [1.807, 2.05) is 0 Å². The molecule has 2 nitrogen and oxygen atoms in total. The van der Waals surface area contributed by atoms with E-state index in [-0.39, 0.29) is 0 Å². The molecular weight excluding hydrogens is 248 g/mol. The third kappa shape index (κ3) is 1.29. The van der Waals surface area contributed by atoms with Gasteiger partial charge in [-0.05, 0) is 59.9 Å². The fourth-order valence-electron chi connectivity index (χ4n) is 4.15. The quantitative estimate of drug-likeness (QED) is 0.714. The second-order valence-corrected chi connectivity index (χ2v) is 6.01. The topological polar surface area (TPSA) is 18.5 Å². The molecule has 1 heterocycles. The van der Waals surface area contributed by atoms with Crippen LogP contribution in [0.3, 0.4) is 0 Å². The third-order valence-electron chi connectivity index (χ3n) is 4.95. The average Bonchev–Trinajstić information content (AvgIpc) is 2.95. The van der Waals surface area contributed by atoms with Crippen LogP contribution in [0.2, 0.25) is 0 Å². The number of benzene rings is 2. The molecule has 2 aromatic carbocycles. The maximum Gasteiger partial charge on any atom is 0.231 e. The second kappa shape index (κ2) is 3.78. The number of aryl methyl sites for hydroxylation is 1. The second-order valence-electron chi connectivity index (χ2n) is 6.01. The lowest BCUT2D eigenvalue weighted by Crippen LogP contribution is -2.18. The van der Waals surface area contributed by atoms with Gasteiger partial charge in [-0.1, -0.05) is 24.3 Å². The van der Waals surface area contributed by atoms with Crippen LogP contribution < -0.4 is 9.47 Å². The van der Waals surface area contributed by atoms with Gasteiger partial charge in [0.25, 0.3) is 0 Å². The maximum absolute atomic E-state index is 5.80. The van der Waals surface area contributed by atoms with Crippen molar-refractivity contribution in [2.75, 3.05) is 6.79 Å². The Morgan fingerprint density at radius 3 is 3.00 bits per heavy atom. The molecular formula is C18H16O2. The van der Waals surface area contributed by atoms with Crippen LogP contribution in [0.1, 0.15) is 35.4 Å². The Morgan fingerprint density at radius 1 is 1.05 bits per heavy atom. The smallest absolute Gasteiger partial charge is 0.231 e. The molecule has 2 heteroatoms. The minimum atomic E-state index is 0.359. The number of hydrogen-bond acceptors (Lipinski definition) is 2. The summed E-state index contributed by atoms with van der Waals surface area (Å²) in [6.45, 7) is 0.359. The lowest BCUT2D eigenvalue weighted by molar-refractivity contribution is 0.174. The van der Waals surface area contributed by atoms with Crippen molar-refractivity contribution in [3.63, 3.8) is 0 Å². The Kier molecular flexibility index (Phi) is 2.04. The van der Waals surface area contributed by atoms with Crippen molar-refractivity contribution in [1.82, 2.24) is 0 Å². The predicted octanol–water partition coefficient (Wildman–Crippen LogP) is 4.06. The van der Waals surface area contributed by atoms with Gasteiger partial charge in [0.15, 0.2) is 11.5 Å². The Morgan fingerprint density at radius 2 is 2.00 bits per heavy atom. The summed E-state index contributed by atoms with van der Waals surface area (Å²) < 4.78 is 11.5. The van der Waals surface area contributed by atoms with E-state index in [2.05, 4.69) is 30.3 Å². The van der Waals surface area contributed by atoms with E-state index in [1.54, 1.807) is 5.56 Å². The molecule has 0 radical (unpaired) electrons. The van der Waals surface area contributed by atoms with Crippen LogP contribution >= 0.6 is 0 Å². The van der Waals surface area contributed by atoms with Crippen LogP contribution in [0.15, 0.2) is 30.3 Å². The molecule has 0 spiro atoms. The molecule has 0 N–H and O–H groups in total. The first-order valence-electron chi connectivity index (χ1n) is 7.45. The van der Waals surface area contributed by atoms with Crippen molar-refractivity contribution in [3.8, 4) is 22.6 Å². The molecule has 0 saturated carbocycles. The Bertz CT molecular complexity index is 718. The summed E-state index contributed by atoms with van der Waals surface area (Å²) in [6.07, 6.45) is 4.94. The minimum Gasteiger partial charge on any atom is -0.454 e. The summed E-state index contributed by atoms with van der Waals surface area (Å²) in [5, 5.41) is 0. The van der Waals surface area contributed by atoms with E-state index < -0.39 is 0 Å². The fraction of sp³-hybridized carbons (Fsp3) is 0.333. The summed E-state index contributed by atoms with van der Waals surface area (Å²) in [7, 11) is 0. The van der Waals surface area contributed by atoms with Crippen molar-refractivity contribution < 1.29 is 9.47 Å². The molecule has 100 valence electrons. The van der Waals surface area contributed by atoms with Crippen molar-refractivity contribution >= 4 is 0 Å². The Labute approximate surface area is 118 Å². The van der Waals surface area contributed by atoms with Crippen molar-refractivity contribution in [1.29, 1.82) is 0 Å². The molecule has 1 atom stereocenters. The zero-order valence-electron chi connectivity index (χ0n) is 11.3. The molecule has 0 saturated heterocycles. The molecule has 0 bridgehead atoms. The van der Waals surface area contributed by atoms with Gasteiger partial charge in [0.05, 0.1) is 0 Å². The molecule has 1 unspecified atom stereocenters. The summed E-state index contributed by atoms with van der Waals surface area (Å²) in [5.74, 6) is 2.58. The SMILES string of the molecule is c1ccc2c(c1)CC1CCCc3cc4c(c-2c31)OCO4. The average molecular weight is 264 g/mol. The molecule has 5 rings (SSSR count). The van der Waals surface area contributed by atoms with Crippen LogP contribution in [-0.2, 0) is 12.8 Å². The third-order valence-corrected chi connectivity index (χ3v) is 4.95. The summed E-state index contributed by atoms with van der Waals surface area (Å²) in [6, 6.07) is 11.0. The largest absolute Gasteiger partial charge is 0.454 e. The molecule has 2 aliphatic carbocycles. The highest BCUT2D eigenvalue weighted by molar-refractivity contribution is 5.83. The lowest BCUT2D eigenvalue weighted by atomic mass is 9.71. The van der Waals surface area contributed by atoms with Crippen molar-refractivity contribution in [3.05, 3.63) is 47.0 Å². The maximum atomic E-state index is 5.80. The van der Waals surface area contributed by atoms with E-state index in [4.69, 9.17) is 9.47 Å². The Hall–Kier alpha value is -1.96. The highest BCUT2D eigenvalue weighted by Gasteiger charge is 2.35. The van der Waals surface area contributed by atoms with E-state index in [0.29, 0.717) is 12.7 Å². The van der Waals surface area contributed by atoms with Gasteiger partial charge in [-0.15, -0.1) is 0 Å². The van der Waals surface area contributed by atoms with Crippen molar-refractivity contribution in [2.24, 2.45) is 0 Å². The van der Waals surface area contributed by atoms with Crippen molar-refractivity contribution in [2.45, 2.75) is 31.6 Å². The molecule has 0 aromatic heterocycles. The van der Waals surface area contributed by atoms with Crippen LogP contribution in [-0.4, -0.2) is 6.79 Å². The van der Waals surface area contributed by atoms with Gasteiger partial charge in [0.2, 0.25) is 6.79 Å². The summed E-state index contributed by atoms with van der Waals surface area (Å²) in [4.78, 5) is 0. The summed E-state index contributed by atoms with van der Waals surface area (Å²) >= 11 is 0. The molecule has 0 amide bonds. The van der Waals surface area contributed by atoms with Crippen LogP contribution in [0.4, 0.5) is 0 Å². The van der Waals surface area contributed by atoms with Gasteiger partial charge in [-0.25, -0.2) is 0 Å². The van der Waals surface area contributed by atoms with Gasteiger partial charge in [-0.2, -0.15) is 0 Å². The number of rotatable bonds is 0. The number of hydrogen-bond donors (Lipinski definition) is 0. The van der Waals surface area contributed by atoms with E-state index >= 15 is 0 Å². The first-order valence-corrected chi connectivity index (χ1v) is 7.45. The summed E-state index contributed by atoms with van der Waals surface area (Å²) in [5.41, 5.74) is 7.15. The zero-order valence-corrected chi connectivity index (χ0v) is 11.3.